The first kappa shape index (κ1) is 13.7. The second-order valence-electron chi connectivity index (χ2n) is 4.10. The lowest BCUT2D eigenvalue weighted by atomic mass is 10.1. The fourth-order valence-corrected chi connectivity index (χ4v) is 1.94. The Morgan fingerprint density at radius 1 is 1.53 bits per heavy atom. The molecule has 5 nitrogen and oxygen atoms in total. The number of hydrogen-bond acceptors (Lipinski definition) is 4. The first-order chi connectivity index (χ1) is 9.13. The van der Waals surface area contributed by atoms with Crippen molar-refractivity contribution in [1.29, 1.82) is 0 Å². The lowest BCUT2D eigenvalue weighted by molar-refractivity contribution is 0.102. The minimum absolute atomic E-state index is 0.234. The Hall–Kier alpha value is -1.72. The third-order valence-electron chi connectivity index (χ3n) is 2.67. The van der Waals surface area contributed by atoms with E-state index in [0.717, 1.165) is 5.56 Å². The van der Waals surface area contributed by atoms with E-state index in [-0.39, 0.29) is 5.78 Å². The predicted octanol–water partition coefficient (Wildman–Crippen LogP) is 2.12. The van der Waals surface area contributed by atoms with Crippen LogP contribution in [0, 0.1) is 6.92 Å². The van der Waals surface area contributed by atoms with Gasteiger partial charge in [0.05, 0.1) is 24.4 Å². The molecule has 6 heteroatoms. The highest BCUT2D eigenvalue weighted by atomic mass is 35.5. The zero-order chi connectivity index (χ0) is 13.8. The van der Waals surface area contributed by atoms with Crippen molar-refractivity contribution in [3.63, 3.8) is 0 Å². The normalized spacial score (nSPS) is 10.7. The molecule has 19 heavy (non-hydrogen) atoms. The van der Waals surface area contributed by atoms with Crippen LogP contribution in [0.4, 0.5) is 0 Å². The van der Waals surface area contributed by atoms with E-state index >= 15 is 0 Å². The molecule has 2 aromatic rings. The van der Waals surface area contributed by atoms with Gasteiger partial charge in [-0.15, -0.1) is 0 Å². The van der Waals surface area contributed by atoms with E-state index in [9.17, 15) is 4.79 Å². The fourth-order valence-electron chi connectivity index (χ4n) is 1.72. The highest BCUT2D eigenvalue weighted by molar-refractivity contribution is 6.34. The molecule has 0 atom stereocenters. The molecular formula is C13H14ClN3O2. The molecule has 0 saturated carbocycles. The molecule has 0 amide bonds. The van der Waals surface area contributed by atoms with Crippen molar-refractivity contribution in [3.8, 4) is 0 Å². The van der Waals surface area contributed by atoms with Crippen LogP contribution in [0.25, 0.3) is 0 Å². The Kier molecular flexibility index (Phi) is 4.29. The first-order valence-corrected chi connectivity index (χ1v) is 6.19. The van der Waals surface area contributed by atoms with Crippen LogP contribution in [0.1, 0.15) is 21.7 Å². The van der Waals surface area contributed by atoms with Crippen LogP contribution in [0.15, 0.2) is 24.5 Å². The lowest BCUT2D eigenvalue weighted by Gasteiger charge is -2.06. The maximum Gasteiger partial charge on any atom is 0.230 e. The largest absolute Gasteiger partial charge is 0.383 e. The molecule has 2 rings (SSSR count). The standard InChI is InChI=1S/C13H14ClN3O2/c1-9-3-4-15-11(7-9)13(18)12-10(14)8-16-17(12)5-6-19-2/h3-4,7-8H,5-6H2,1-2H3. The van der Waals surface area contributed by atoms with Crippen LogP contribution in [-0.2, 0) is 11.3 Å². The average molecular weight is 280 g/mol. The highest BCUT2D eigenvalue weighted by Crippen LogP contribution is 2.18. The number of pyridine rings is 1. The topological polar surface area (TPSA) is 57.0 Å². The molecule has 0 aromatic carbocycles. The van der Waals surface area contributed by atoms with Crippen molar-refractivity contribution in [3.05, 3.63) is 46.5 Å². The molecule has 0 fully saturated rings. The quantitative estimate of drug-likeness (QED) is 0.787. The van der Waals surface area contributed by atoms with Crippen LogP contribution in [0.3, 0.4) is 0 Å². The number of carbonyl (C=O) groups is 1. The summed E-state index contributed by atoms with van der Waals surface area (Å²) in [4.78, 5) is 16.5. The monoisotopic (exact) mass is 279 g/mol. The van der Waals surface area contributed by atoms with Gasteiger partial charge in [-0.1, -0.05) is 11.6 Å². The van der Waals surface area contributed by atoms with Gasteiger partial charge in [-0.25, -0.2) is 0 Å². The smallest absolute Gasteiger partial charge is 0.230 e. The van der Waals surface area contributed by atoms with E-state index in [2.05, 4.69) is 10.1 Å². The Morgan fingerprint density at radius 3 is 3.00 bits per heavy atom. The van der Waals surface area contributed by atoms with Crippen LogP contribution < -0.4 is 0 Å². The Morgan fingerprint density at radius 2 is 2.32 bits per heavy atom. The van der Waals surface area contributed by atoms with Crippen molar-refractivity contribution in [1.82, 2.24) is 14.8 Å². The highest BCUT2D eigenvalue weighted by Gasteiger charge is 2.20. The van der Waals surface area contributed by atoms with Crippen molar-refractivity contribution >= 4 is 17.4 Å². The minimum Gasteiger partial charge on any atom is -0.383 e. The van der Waals surface area contributed by atoms with E-state index in [1.54, 1.807) is 19.4 Å². The summed E-state index contributed by atoms with van der Waals surface area (Å²) in [5, 5.41) is 4.40. The molecule has 2 heterocycles. The van der Waals surface area contributed by atoms with Crippen molar-refractivity contribution < 1.29 is 9.53 Å². The predicted molar refractivity (Wildman–Crippen MR) is 71.5 cm³/mol. The van der Waals surface area contributed by atoms with Gasteiger partial charge in [0, 0.05) is 13.3 Å². The average Bonchev–Trinajstić information content (AvgIpc) is 2.76. The lowest BCUT2D eigenvalue weighted by Crippen LogP contribution is -2.15. The molecule has 0 saturated heterocycles. The molecule has 0 radical (unpaired) electrons. The molecular weight excluding hydrogens is 266 g/mol. The molecule has 0 spiro atoms. The van der Waals surface area contributed by atoms with Gasteiger partial charge in [0.1, 0.15) is 11.4 Å². The van der Waals surface area contributed by atoms with Crippen LogP contribution in [0.2, 0.25) is 5.02 Å². The first-order valence-electron chi connectivity index (χ1n) is 5.81. The van der Waals surface area contributed by atoms with E-state index in [1.165, 1.54) is 10.9 Å². The molecule has 0 aliphatic carbocycles. The van der Waals surface area contributed by atoms with Crippen molar-refractivity contribution in [2.24, 2.45) is 0 Å². The van der Waals surface area contributed by atoms with E-state index in [0.29, 0.717) is 29.6 Å². The van der Waals surface area contributed by atoms with Gasteiger partial charge in [0.15, 0.2) is 0 Å². The maximum absolute atomic E-state index is 12.4. The van der Waals surface area contributed by atoms with Gasteiger partial charge in [0.2, 0.25) is 5.78 Å². The summed E-state index contributed by atoms with van der Waals surface area (Å²) in [5.74, 6) is -0.234. The number of aromatic nitrogens is 3. The maximum atomic E-state index is 12.4. The summed E-state index contributed by atoms with van der Waals surface area (Å²) in [6.07, 6.45) is 3.06. The fraction of sp³-hybridized carbons (Fsp3) is 0.308. The number of aryl methyl sites for hydroxylation is 1. The van der Waals surface area contributed by atoms with Crippen molar-refractivity contribution in [2.75, 3.05) is 13.7 Å². The summed E-state index contributed by atoms with van der Waals surface area (Å²) in [6.45, 7) is 2.83. The number of hydrogen-bond donors (Lipinski definition) is 0. The molecule has 0 aliphatic heterocycles. The van der Waals surface area contributed by atoms with Crippen LogP contribution in [-0.4, -0.2) is 34.3 Å². The molecule has 0 bridgehead atoms. The summed E-state index contributed by atoms with van der Waals surface area (Å²) in [6, 6.07) is 3.56. The summed E-state index contributed by atoms with van der Waals surface area (Å²) in [7, 11) is 1.59. The van der Waals surface area contributed by atoms with E-state index in [4.69, 9.17) is 16.3 Å². The number of carbonyl (C=O) groups excluding carboxylic acids is 1. The summed E-state index contributed by atoms with van der Waals surface area (Å²) >= 11 is 6.04. The molecule has 100 valence electrons. The number of rotatable bonds is 5. The minimum atomic E-state index is -0.234. The second kappa shape index (κ2) is 5.95. The van der Waals surface area contributed by atoms with Gasteiger partial charge >= 0.3 is 0 Å². The number of halogens is 1. The van der Waals surface area contributed by atoms with Gasteiger partial charge < -0.3 is 4.74 Å². The zero-order valence-corrected chi connectivity index (χ0v) is 11.5. The van der Waals surface area contributed by atoms with Gasteiger partial charge in [-0.2, -0.15) is 5.10 Å². The third kappa shape index (κ3) is 3.00. The zero-order valence-electron chi connectivity index (χ0n) is 10.8. The van der Waals surface area contributed by atoms with Gasteiger partial charge in [0.25, 0.3) is 0 Å². The van der Waals surface area contributed by atoms with Gasteiger partial charge in [-0.3, -0.25) is 14.5 Å². The molecule has 0 N–H and O–H groups in total. The molecule has 0 unspecified atom stereocenters. The van der Waals surface area contributed by atoms with Crippen LogP contribution >= 0.6 is 11.6 Å². The third-order valence-corrected chi connectivity index (χ3v) is 2.94. The van der Waals surface area contributed by atoms with Gasteiger partial charge in [-0.05, 0) is 24.6 Å². The Balaban J connectivity index is 2.35. The summed E-state index contributed by atoms with van der Waals surface area (Å²) < 4.78 is 6.52. The SMILES string of the molecule is COCCn1ncc(Cl)c1C(=O)c1cc(C)ccn1. The number of methoxy groups -OCH3 is 1. The van der Waals surface area contributed by atoms with E-state index in [1.807, 2.05) is 13.0 Å². The Labute approximate surface area is 116 Å². The molecule has 2 aromatic heterocycles. The molecule has 0 aliphatic rings. The van der Waals surface area contributed by atoms with E-state index < -0.39 is 0 Å². The second-order valence-corrected chi connectivity index (χ2v) is 4.51. The number of ketones is 1. The van der Waals surface area contributed by atoms with Crippen molar-refractivity contribution in [2.45, 2.75) is 13.5 Å². The number of ether oxygens (including phenoxy) is 1. The summed E-state index contributed by atoms with van der Waals surface area (Å²) in [5.41, 5.74) is 1.68. The van der Waals surface area contributed by atoms with Crippen LogP contribution in [0.5, 0.6) is 0 Å². The Bertz CT molecular complexity index is 595. The number of nitrogens with zero attached hydrogens (tertiary/aromatic N) is 3.